The van der Waals surface area contributed by atoms with Crippen LogP contribution in [0.2, 0.25) is 5.02 Å². The zero-order valence-corrected chi connectivity index (χ0v) is 17.2. The number of anilines is 1. The number of amides is 4. The van der Waals surface area contributed by atoms with Crippen LogP contribution in [-0.4, -0.2) is 66.1 Å². The van der Waals surface area contributed by atoms with Gasteiger partial charge in [-0.25, -0.2) is 0 Å². The van der Waals surface area contributed by atoms with E-state index in [1.54, 1.807) is 36.4 Å². The van der Waals surface area contributed by atoms with Gasteiger partial charge in [-0.2, -0.15) is 0 Å². The molecule has 160 valence electrons. The minimum atomic E-state index is -0.920. The predicted molar refractivity (Wildman–Crippen MR) is 110 cm³/mol. The monoisotopic (exact) mass is 443 g/mol. The number of nitrogens with one attached hydrogen (secondary N) is 1. The van der Waals surface area contributed by atoms with Crippen molar-refractivity contribution in [1.82, 2.24) is 9.80 Å². The summed E-state index contributed by atoms with van der Waals surface area (Å²) >= 11 is 5.97. The average Bonchev–Trinajstić information content (AvgIpc) is 2.98. The van der Waals surface area contributed by atoms with Gasteiger partial charge in [-0.3, -0.25) is 28.9 Å². The van der Waals surface area contributed by atoms with Crippen molar-refractivity contribution in [2.45, 2.75) is 0 Å². The van der Waals surface area contributed by atoms with Crippen LogP contribution in [0.25, 0.3) is 0 Å². The highest BCUT2D eigenvalue weighted by Crippen LogP contribution is 2.22. The molecule has 31 heavy (non-hydrogen) atoms. The minimum Gasteiger partial charge on any atom is -0.454 e. The van der Waals surface area contributed by atoms with Gasteiger partial charge in [-0.15, -0.1) is 0 Å². The van der Waals surface area contributed by atoms with Crippen LogP contribution in [-0.2, 0) is 19.1 Å². The molecule has 1 aliphatic heterocycles. The molecule has 3 rings (SSSR count). The van der Waals surface area contributed by atoms with Gasteiger partial charge in [0, 0.05) is 7.05 Å². The summed E-state index contributed by atoms with van der Waals surface area (Å²) in [6.07, 6.45) is 0. The number of fused-ring (bicyclic) bond motifs is 1. The van der Waals surface area contributed by atoms with Gasteiger partial charge in [0.2, 0.25) is 5.91 Å². The second-order valence-corrected chi connectivity index (χ2v) is 7.09. The summed E-state index contributed by atoms with van der Waals surface area (Å²) in [5.41, 5.74) is 0.823. The molecule has 10 heteroatoms. The maximum Gasteiger partial charge on any atom is 0.326 e. The van der Waals surface area contributed by atoms with Crippen LogP contribution in [0.15, 0.2) is 48.5 Å². The quantitative estimate of drug-likeness (QED) is 0.513. The van der Waals surface area contributed by atoms with Crippen LogP contribution in [0.3, 0.4) is 0 Å². The van der Waals surface area contributed by atoms with Crippen LogP contribution in [0, 0.1) is 0 Å². The number of hydrogen-bond acceptors (Lipinski definition) is 6. The van der Waals surface area contributed by atoms with Crippen molar-refractivity contribution < 1.29 is 28.7 Å². The molecule has 0 aliphatic carbocycles. The van der Waals surface area contributed by atoms with Crippen LogP contribution >= 0.6 is 11.6 Å². The molecule has 0 aromatic heterocycles. The van der Waals surface area contributed by atoms with Crippen LogP contribution in [0.4, 0.5) is 5.69 Å². The minimum absolute atomic E-state index is 0.209. The summed E-state index contributed by atoms with van der Waals surface area (Å²) in [6.45, 7) is -1.55. The van der Waals surface area contributed by atoms with Crippen molar-refractivity contribution in [2.24, 2.45) is 0 Å². The number of nitrogens with zero attached hydrogens (tertiary/aromatic N) is 2. The molecule has 0 spiro atoms. The van der Waals surface area contributed by atoms with E-state index in [2.05, 4.69) is 5.32 Å². The highest BCUT2D eigenvalue weighted by molar-refractivity contribution is 6.33. The molecule has 2 aromatic carbocycles. The molecule has 0 saturated carbocycles. The third-order valence-corrected chi connectivity index (χ3v) is 4.81. The largest absolute Gasteiger partial charge is 0.454 e. The van der Waals surface area contributed by atoms with Crippen molar-refractivity contribution in [3.05, 3.63) is 64.7 Å². The van der Waals surface area contributed by atoms with Gasteiger partial charge in [0.1, 0.15) is 6.54 Å². The fraction of sp³-hybridized carbons (Fsp3) is 0.190. The van der Waals surface area contributed by atoms with E-state index in [0.29, 0.717) is 10.7 Å². The Labute approximate surface area is 182 Å². The fourth-order valence-electron chi connectivity index (χ4n) is 2.87. The van der Waals surface area contributed by atoms with Crippen molar-refractivity contribution in [3.8, 4) is 0 Å². The Morgan fingerprint density at radius 2 is 1.58 bits per heavy atom. The normalized spacial score (nSPS) is 12.4. The van der Waals surface area contributed by atoms with Crippen molar-refractivity contribution in [1.29, 1.82) is 0 Å². The van der Waals surface area contributed by atoms with Crippen LogP contribution < -0.4 is 5.32 Å². The summed E-state index contributed by atoms with van der Waals surface area (Å²) < 4.78 is 4.87. The van der Waals surface area contributed by atoms with E-state index < -0.39 is 42.7 Å². The van der Waals surface area contributed by atoms with Gasteiger partial charge in [0.15, 0.2) is 6.61 Å². The number of halogens is 1. The summed E-state index contributed by atoms with van der Waals surface area (Å²) in [7, 11) is 1.37. The first kappa shape index (κ1) is 22.0. The number of esters is 1. The lowest BCUT2D eigenvalue weighted by Crippen LogP contribution is -2.39. The average molecular weight is 444 g/mol. The molecule has 1 N–H and O–H groups in total. The number of para-hydroxylation sites is 1. The van der Waals surface area contributed by atoms with Crippen molar-refractivity contribution in [3.63, 3.8) is 0 Å². The Balaban J connectivity index is 1.46. The second-order valence-electron chi connectivity index (χ2n) is 6.68. The smallest absolute Gasteiger partial charge is 0.326 e. The number of carbonyl (C=O) groups is 5. The Kier molecular flexibility index (Phi) is 6.66. The first-order chi connectivity index (χ1) is 14.8. The molecule has 0 atom stereocenters. The predicted octanol–water partition coefficient (Wildman–Crippen LogP) is 1.58. The molecule has 0 radical (unpaired) electrons. The van der Waals surface area contributed by atoms with Crippen molar-refractivity contribution in [2.75, 3.05) is 32.1 Å². The maximum absolute atomic E-state index is 12.3. The molecule has 4 amide bonds. The number of carbonyl (C=O) groups excluding carboxylic acids is 5. The Bertz CT molecular complexity index is 1040. The fourth-order valence-corrected chi connectivity index (χ4v) is 3.05. The van der Waals surface area contributed by atoms with E-state index in [9.17, 15) is 24.0 Å². The standard InChI is InChI=1S/C21H18ClN3O6/c1-24(10-17(26)23-16-9-5-4-8-15(16)22)18(27)12-31-19(28)11-25-20(29)13-6-2-3-7-14(13)21(25)30/h2-9H,10-12H2,1H3,(H,23,26). The summed E-state index contributed by atoms with van der Waals surface area (Å²) in [4.78, 5) is 62.6. The van der Waals surface area contributed by atoms with E-state index >= 15 is 0 Å². The van der Waals surface area contributed by atoms with Gasteiger partial charge in [-0.1, -0.05) is 35.9 Å². The number of hydrogen-bond donors (Lipinski definition) is 1. The lowest BCUT2D eigenvalue weighted by atomic mass is 10.1. The molecular weight excluding hydrogens is 426 g/mol. The molecule has 0 saturated heterocycles. The van der Waals surface area contributed by atoms with Crippen LogP contribution in [0.5, 0.6) is 0 Å². The lowest BCUT2D eigenvalue weighted by molar-refractivity contribution is -0.151. The van der Waals surface area contributed by atoms with E-state index in [-0.39, 0.29) is 17.7 Å². The van der Waals surface area contributed by atoms with Gasteiger partial charge in [0.05, 0.1) is 28.4 Å². The maximum atomic E-state index is 12.3. The second kappa shape index (κ2) is 9.40. The Morgan fingerprint density at radius 3 is 2.19 bits per heavy atom. The number of benzene rings is 2. The van der Waals surface area contributed by atoms with Gasteiger partial charge >= 0.3 is 5.97 Å². The number of rotatable bonds is 7. The number of ether oxygens (including phenoxy) is 1. The highest BCUT2D eigenvalue weighted by Gasteiger charge is 2.36. The van der Waals surface area contributed by atoms with Crippen LogP contribution in [0.1, 0.15) is 20.7 Å². The number of likely N-dealkylation sites (N-methyl/N-ethyl adjacent to an activating group) is 1. The van der Waals surface area contributed by atoms with E-state index in [1.807, 2.05) is 0 Å². The first-order valence-electron chi connectivity index (χ1n) is 9.17. The Morgan fingerprint density at radius 1 is 1.00 bits per heavy atom. The molecule has 1 aliphatic rings. The highest BCUT2D eigenvalue weighted by atomic mass is 35.5. The first-order valence-corrected chi connectivity index (χ1v) is 9.55. The third kappa shape index (κ3) is 5.07. The molecule has 0 bridgehead atoms. The van der Waals surface area contributed by atoms with Gasteiger partial charge < -0.3 is 15.0 Å². The Hall–Kier alpha value is -3.72. The molecule has 1 heterocycles. The van der Waals surface area contributed by atoms with E-state index in [4.69, 9.17) is 16.3 Å². The summed E-state index contributed by atoms with van der Waals surface area (Å²) in [5.74, 6) is -3.24. The summed E-state index contributed by atoms with van der Waals surface area (Å²) in [6, 6.07) is 12.8. The molecule has 0 fully saturated rings. The zero-order chi connectivity index (χ0) is 22.5. The topological polar surface area (TPSA) is 113 Å². The van der Waals surface area contributed by atoms with E-state index in [0.717, 1.165) is 9.80 Å². The summed E-state index contributed by atoms with van der Waals surface area (Å²) in [5, 5.41) is 2.93. The SMILES string of the molecule is CN(CC(=O)Nc1ccccc1Cl)C(=O)COC(=O)CN1C(=O)c2ccccc2C1=O. The molecule has 2 aromatic rings. The third-order valence-electron chi connectivity index (χ3n) is 4.48. The lowest BCUT2D eigenvalue weighted by Gasteiger charge is -2.18. The van der Waals surface area contributed by atoms with Crippen molar-refractivity contribution >= 4 is 46.9 Å². The van der Waals surface area contributed by atoms with Gasteiger partial charge in [-0.05, 0) is 24.3 Å². The molecule has 0 unspecified atom stereocenters. The molecule has 9 nitrogen and oxygen atoms in total. The zero-order valence-electron chi connectivity index (χ0n) is 16.5. The van der Waals surface area contributed by atoms with Gasteiger partial charge in [0.25, 0.3) is 17.7 Å². The number of imide groups is 1. The van der Waals surface area contributed by atoms with E-state index in [1.165, 1.54) is 19.2 Å². The molecular formula is C21H18ClN3O6.